The van der Waals surface area contributed by atoms with Crippen molar-refractivity contribution in [2.75, 3.05) is 4.90 Å². The van der Waals surface area contributed by atoms with Crippen molar-refractivity contribution in [1.29, 1.82) is 0 Å². The Hall–Kier alpha value is -7.42. The number of rotatable bonds is 8. The molecule has 0 aliphatic rings. The highest BCUT2D eigenvalue weighted by Crippen LogP contribution is 2.50. The molecule has 0 saturated carbocycles. The minimum Gasteiger partial charge on any atom is -0.456 e. The molecule has 10 rings (SSSR count). The first-order chi connectivity index (χ1) is 27.8. The second kappa shape index (κ2) is 14.4. The highest BCUT2D eigenvalue weighted by Gasteiger charge is 2.25. The van der Waals surface area contributed by atoms with Gasteiger partial charge in [-0.2, -0.15) is 0 Å². The fourth-order valence-corrected chi connectivity index (χ4v) is 8.08. The van der Waals surface area contributed by atoms with Gasteiger partial charge in [-0.1, -0.05) is 182 Å². The Morgan fingerprint density at radius 3 is 1.48 bits per heavy atom. The molecule has 9 aromatic carbocycles. The SMILES string of the molecule is c1ccc(-c2ccc(N(c3ccc(-c4ccccc4)cc3-c3ccccc3)c3cccc(-c4ccccc4)c3-c3cccc4oc5ccccc5c34)cc2)cc1. The van der Waals surface area contributed by atoms with E-state index in [0.717, 1.165) is 72.4 Å². The molecule has 2 heteroatoms. The summed E-state index contributed by atoms with van der Waals surface area (Å²) in [6.45, 7) is 0. The van der Waals surface area contributed by atoms with Gasteiger partial charge in [-0.25, -0.2) is 0 Å². The molecular formula is C54H37NO. The average Bonchev–Trinajstić information content (AvgIpc) is 3.67. The number of furan rings is 1. The summed E-state index contributed by atoms with van der Waals surface area (Å²) < 4.78 is 6.50. The first-order valence-corrected chi connectivity index (χ1v) is 19.1. The molecule has 0 spiro atoms. The number of hydrogen-bond donors (Lipinski definition) is 0. The van der Waals surface area contributed by atoms with Gasteiger partial charge in [-0.05, 0) is 87.0 Å². The smallest absolute Gasteiger partial charge is 0.136 e. The largest absolute Gasteiger partial charge is 0.456 e. The van der Waals surface area contributed by atoms with Crippen LogP contribution in [0.25, 0.3) is 77.6 Å². The van der Waals surface area contributed by atoms with E-state index in [4.69, 9.17) is 4.42 Å². The molecule has 0 unspecified atom stereocenters. The number of fused-ring (bicyclic) bond motifs is 3. The third kappa shape index (κ3) is 6.04. The van der Waals surface area contributed by atoms with Gasteiger partial charge in [0.25, 0.3) is 0 Å². The predicted octanol–water partition coefficient (Wildman–Crippen LogP) is 15.4. The van der Waals surface area contributed by atoms with Gasteiger partial charge in [0.05, 0.1) is 11.4 Å². The maximum atomic E-state index is 6.50. The highest BCUT2D eigenvalue weighted by molar-refractivity contribution is 6.16. The lowest BCUT2D eigenvalue weighted by Gasteiger charge is -2.31. The van der Waals surface area contributed by atoms with Crippen LogP contribution in [0.2, 0.25) is 0 Å². The molecule has 264 valence electrons. The Kier molecular flexibility index (Phi) is 8.55. The van der Waals surface area contributed by atoms with Crippen molar-refractivity contribution in [3.05, 3.63) is 224 Å². The van der Waals surface area contributed by atoms with Crippen LogP contribution in [0.4, 0.5) is 17.1 Å². The molecule has 1 aromatic heterocycles. The van der Waals surface area contributed by atoms with Crippen LogP contribution >= 0.6 is 0 Å². The monoisotopic (exact) mass is 715 g/mol. The maximum absolute atomic E-state index is 6.50. The Bertz CT molecular complexity index is 2930. The molecule has 0 N–H and O–H groups in total. The van der Waals surface area contributed by atoms with Gasteiger partial charge in [0, 0.05) is 27.6 Å². The van der Waals surface area contributed by atoms with Gasteiger partial charge < -0.3 is 9.32 Å². The molecule has 10 aromatic rings. The van der Waals surface area contributed by atoms with Crippen molar-refractivity contribution >= 4 is 39.0 Å². The lowest BCUT2D eigenvalue weighted by Crippen LogP contribution is -2.13. The van der Waals surface area contributed by atoms with E-state index in [1.807, 2.05) is 6.07 Å². The van der Waals surface area contributed by atoms with Gasteiger partial charge in [-0.15, -0.1) is 0 Å². The molecule has 0 fully saturated rings. The van der Waals surface area contributed by atoms with E-state index in [1.54, 1.807) is 0 Å². The van der Waals surface area contributed by atoms with E-state index in [1.165, 1.54) is 22.3 Å². The highest BCUT2D eigenvalue weighted by atomic mass is 16.3. The lowest BCUT2D eigenvalue weighted by molar-refractivity contribution is 0.669. The summed E-state index contributed by atoms with van der Waals surface area (Å²) in [5.74, 6) is 0. The Labute approximate surface area is 327 Å². The fraction of sp³-hybridized carbons (Fsp3) is 0. The Morgan fingerprint density at radius 2 is 0.804 bits per heavy atom. The summed E-state index contributed by atoms with van der Waals surface area (Å²) in [5.41, 5.74) is 16.5. The van der Waals surface area contributed by atoms with Gasteiger partial charge in [0.2, 0.25) is 0 Å². The summed E-state index contributed by atoms with van der Waals surface area (Å²) in [4.78, 5) is 2.45. The molecule has 0 bridgehead atoms. The van der Waals surface area contributed by atoms with Crippen molar-refractivity contribution in [2.24, 2.45) is 0 Å². The van der Waals surface area contributed by atoms with E-state index >= 15 is 0 Å². The van der Waals surface area contributed by atoms with Crippen LogP contribution in [0.1, 0.15) is 0 Å². The number of benzene rings is 9. The summed E-state index contributed by atoms with van der Waals surface area (Å²) in [5, 5.41) is 2.21. The van der Waals surface area contributed by atoms with E-state index in [9.17, 15) is 0 Å². The van der Waals surface area contributed by atoms with Crippen LogP contribution in [0.15, 0.2) is 229 Å². The molecule has 56 heavy (non-hydrogen) atoms. The standard InChI is InChI=1S/C54H37NO/c1-5-17-38(18-6-1)40-31-34-44(35-32-40)55(49-36-33-43(39-19-7-2-8-20-39)37-48(49)42-23-11-4-12-24-42)50-28-15-26-45(41-21-9-3-10-22-41)53(50)47-27-16-30-52-54(47)46-25-13-14-29-51(46)56-52/h1-37H. The third-order valence-electron chi connectivity index (χ3n) is 10.7. The quantitative estimate of drug-likeness (QED) is 0.156. The van der Waals surface area contributed by atoms with Gasteiger partial charge >= 0.3 is 0 Å². The van der Waals surface area contributed by atoms with Crippen LogP contribution in [0, 0.1) is 0 Å². The van der Waals surface area contributed by atoms with Crippen molar-refractivity contribution in [3.63, 3.8) is 0 Å². The topological polar surface area (TPSA) is 16.4 Å². The molecule has 0 aliphatic carbocycles. The zero-order chi connectivity index (χ0) is 37.3. The summed E-state index contributed by atoms with van der Waals surface area (Å²) >= 11 is 0. The Balaban J connectivity index is 1.30. The fourth-order valence-electron chi connectivity index (χ4n) is 8.08. The molecule has 0 saturated heterocycles. The number of anilines is 3. The second-order valence-corrected chi connectivity index (χ2v) is 14.1. The van der Waals surface area contributed by atoms with Crippen LogP contribution in [0.5, 0.6) is 0 Å². The van der Waals surface area contributed by atoms with E-state index in [0.29, 0.717) is 0 Å². The molecule has 0 radical (unpaired) electrons. The van der Waals surface area contributed by atoms with Crippen LogP contribution in [-0.4, -0.2) is 0 Å². The van der Waals surface area contributed by atoms with Crippen LogP contribution in [0.3, 0.4) is 0 Å². The van der Waals surface area contributed by atoms with Crippen molar-refractivity contribution < 1.29 is 4.42 Å². The van der Waals surface area contributed by atoms with Crippen LogP contribution < -0.4 is 4.90 Å². The van der Waals surface area contributed by atoms with E-state index < -0.39 is 0 Å². The minimum absolute atomic E-state index is 0.869. The number of para-hydroxylation sites is 1. The maximum Gasteiger partial charge on any atom is 0.136 e. The minimum atomic E-state index is 0.869. The van der Waals surface area contributed by atoms with Gasteiger partial charge in [0.1, 0.15) is 11.2 Å². The number of hydrogen-bond acceptors (Lipinski definition) is 2. The van der Waals surface area contributed by atoms with Gasteiger partial charge in [0.15, 0.2) is 0 Å². The normalized spacial score (nSPS) is 11.2. The van der Waals surface area contributed by atoms with E-state index in [-0.39, 0.29) is 0 Å². The summed E-state index contributed by atoms with van der Waals surface area (Å²) in [7, 11) is 0. The zero-order valence-corrected chi connectivity index (χ0v) is 30.7. The lowest BCUT2D eigenvalue weighted by atomic mass is 9.89. The Morgan fingerprint density at radius 1 is 0.304 bits per heavy atom. The van der Waals surface area contributed by atoms with Crippen molar-refractivity contribution in [3.8, 4) is 55.6 Å². The predicted molar refractivity (Wildman–Crippen MR) is 236 cm³/mol. The van der Waals surface area contributed by atoms with Crippen molar-refractivity contribution in [2.45, 2.75) is 0 Å². The molecule has 0 atom stereocenters. The molecule has 2 nitrogen and oxygen atoms in total. The summed E-state index contributed by atoms with van der Waals surface area (Å²) in [6, 6.07) is 80.2. The number of nitrogens with zero attached hydrogens (tertiary/aromatic N) is 1. The molecule has 0 amide bonds. The second-order valence-electron chi connectivity index (χ2n) is 14.1. The van der Waals surface area contributed by atoms with Gasteiger partial charge in [-0.3, -0.25) is 0 Å². The van der Waals surface area contributed by atoms with Crippen LogP contribution in [-0.2, 0) is 0 Å². The third-order valence-corrected chi connectivity index (χ3v) is 10.7. The first kappa shape index (κ1) is 33.2. The summed E-state index contributed by atoms with van der Waals surface area (Å²) in [6.07, 6.45) is 0. The molecule has 1 heterocycles. The molecule has 0 aliphatic heterocycles. The first-order valence-electron chi connectivity index (χ1n) is 19.1. The molecular weight excluding hydrogens is 679 g/mol. The van der Waals surface area contributed by atoms with E-state index in [2.05, 4.69) is 223 Å². The average molecular weight is 716 g/mol. The van der Waals surface area contributed by atoms with Crippen molar-refractivity contribution in [1.82, 2.24) is 0 Å². The zero-order valence-electron chi connectivity index (χ0n) is 30.7.